The van der Waals surface area contributed by atoms with Crippen molar-refractivity contribution in [2.45, 2.75) is 51.7 Å². The number of hydrogen-bond donors (Lipinski definition) is 1. The zero-order chi connectivity index (χ0) is 22.0. The third kappa shape index (κ3) is 4.82. The Morgan fingerprint density at radius 1 is 1.16 bits per heavy atom. The third-order valence-corrected chi connectivity index (χ3v) is 6.36. The molecule has 0 saturated carbocycles. The fourth-order valence-electron chi connectivity index (χ4n) is 4.46. The van der Waals surface area contributed by atoms with Gasteiger partial charge in [-0.2, -0.15) is 0 Å². The second-order valence-corrected chi connectivity index (χ2v) is 8.77. The van der Waals surface area contributed by atoms with E-state index < -0.39 is 6.10 Å². The van der Waals surface area contributed by atoms with Crippen LogP contribution in [-0.2, 0) is 17.8 Å². The zero-order valence-electron chi connectivity index (χ0n) is 19.0. The van der Waals surface area contributed by atoms with Gasteiger partial charge in [0, 0.05) is 44.7 Å². The lowest BCUT2D eigenvalue weighted by Crippen LogP contribution is -2.44. The van der Waals surface area contributed by atoms with E-state index in [9.17, 15) is 4.79 Å². The smallest absolute Gasteiger partial charge is 0.263 e. The van der Waals surface area contributed by atoms with Crippen LogP contribution >= 0.6 is 0 Å². The van der Waals surface area contributed by atoms with Gasteiger partial charge in [-0.05, 0) is 52.3 Å². The van der Waals surface area contributed by atoms with Gasteiger partial charge in [-0.15, -0.1) is 0 Å². The van der Waals surface area contributed by atoms with Crippen molar-refractivity contribution >= 4 is 11.7 Å². The number of rotatable bonds is 5. The molecule has 0 aliphatic carbocycles. The van der Waals surface area contributed by atoms with Crippen LogP contribution in [0.3, 0.4) is 0 Å². The number of likely N-dealkylation sites (tertiary alicyclic amines) is 1. The van der Waals surface area contributed by atoms with Crippen LogP contribution < -0.4 is 10.1 Å². The number of hydrogen-bond acceptors (Lipinski definition) is 6. The topological polar surface area (TPSA) is 70.6 Å². The van der Waals surface area contributed by atoms with Crippen LogP contribution in [0.4, 0.5) is 5.82 Å². The number of ether oxygens (including phenoxy) is 1. The summed E-state index contributed by atoms with van der Waals surface area (Å²) in [7, 11) is 4.06. The minimum atomic E-state index is -0.495. The van der Waals surface area contributed by atoms with Gasteiger partial charge in [-0.1, -0.05) is 17.7 Å². The number of piperidine rings is 1. The zero-order valence-corrected chi connectivity index (χ0v) is 19.0. The lowest BCUT2D eigenvalue weighted by Gasteiger charge is -2.33. The molecule has 3 heterocycles. The summed E-state index contributed by atoms with van der Waals surface area (Å²) < 4.78 is 5.87. The highest BCUT2D eigenvalue weighted by atomic mass is 16.5. The van der Waals surface area contributed by atoms with E-state index in [0.717, 1.165) is 55.4 Å². The molecule has 2 aliphatic rings. The summed E-state index contributed by atoms with van der Waals surface area (Å²) in [6.45, 7) is 7.18. The molecule has 0 bridgehead atoms. The Morgan fingerprint density at radius 2 is 1.87 bits per heavy atom. The van der Waals surface area contributed by atoms with E-state index in [0.29, 0.717) is 13.1 Å². The van der Waals surface area contributed by atoms with Gasteiger partial charge in [0.2, 0.25) is 0 Å². The number of carbonyl (C=O) groups is 1. The van der Waals surface area contributed by atoms with Crippen molar-refractivity contribution in [1.82, 2.24) is 19.8 Å². The molecule has 31 heavy (non-hydrogen) atoms. The van der Waals surface area contributed by atoms with Crippen molar-refractivity contribution in [1.29, 1.82) is 0 Å². The van der Waals surface area contributed by atoms with Crippen LogP contribution in [0.15, 0.2) is 24.3 Å². The first-order chi connectivity index (χ1) is 14.9. The molecule has 0 radical (unpaired) electrons. The van der Waals surface area contributed by atoms with Crippen molar-refractivity contribution in [2.75, 3.05) is 39.0 Å². The summed E-state index contributed by atoms with van der Waals surface area (Å²) >= 11 is 0. The van der Waals surface area contributed by atoms with Gasteiger partial charge in [0.1, 0.15) is 17.4 Å². The number of aromatic nitrogens is 2. The normalized spacial score (nSPS) is 18.4. The number of carbonyl (C=O) groups excluding carboxylic acids is 1. The maximum absolute atomic E-state index is 12.9. The highest BCUT2D eigenvalue weighted by Gasteiger charge is 2.30. The van der Waals surface area contributed by atoms with Crippen LogP contribution in [0.2, 0.25) is 0 Å². The van der Waals surface area contributed by atoms with Gasteiger partial charge in [0.15, 0.2) is 6.10 Å². The fraction of sp³-hybridized carbons (Fsp3) is 0.542. The number of likely N-dealkylation sites (N-methyl/N-ethyl adjacent to an activating group) is 1. The summed E-state index contributed by atoms with van der Waals surface area (Å²) in [5, 5.41) is 3.27. The largest absolute Gasteiger partial charge is 0.481 e. The highest BCUT2D eigenvalue weighted by Crippen LogP contribution is 2.30. The molecule has 1 unspecified atom stereocenters. The van der Waals surface area contributed by atoms with Crippen molar-refractivity contribution in [3.05, 3.63) is 46.9 Å². The summed E-state index contributed by atoms with van der Waals surface area (Å²) in [5.41, 5.74) is 3.56. The van der Waals surface area contributed by atoms with Crippen molar-refractivity contribution in [2.24, 2.45) is 0 Å². The Labute approximate surface area is 184 Å². The summed E-state index contributed by atoms with van der Waals surface area (Å²) in [5.74, 6) is 2.93. The van der Waals surface area contributed by atoms with Crippen molar-refractivity contribution in [3.63, 3.8) is 0 Å². The quantitative estimate of drug-likeness (QED) is 0.797. The molecule has 1 N–H and O–H groups in total. The lowest BCUT2D eigenvalue weighted by molar-refractivity contribution is -0.139. The van der Waals surface area contributed by atoms with Gasteiger partial charge in [0.05, 0.1) is 5.69 Å². The van der Waals surface area contributed by atoms with Gasteiger partial charge < -0.3 is 19.9 Å². The van der Waals surface area contributed by atoms with Crippen LogP contribution in [0, 0.1) is 6.92 Å². The van der Waals surface area contributed by atoms with Gasteiger partial charge in [-0.3, -0.25) is 4.79 Å². The number of nitrogens with one attached hydrogen (secondary N) is 1. The first-order valence-electron chi connectivity index (χ1n) is 11.2. The Kier molecular flexibility index (Phi) is 6.41. The Morgan fingerprint density at radius 3 is 2.55 bits per heavy atom. The summed E-state index contributed by atoms with van der Waals surface area (Å²) in [6, 6.07) is 7.81. The van der Waals surface area contributed by atoms with Crippen LogP contribution in [0.25, 0.3) is 0 Å². The molecule has 0 spiro atoms. The van der Waals surface area contributed by atoms with Gasteiger partial charge >= 0.3 is 0 Å². The molecule has 2 aromatic rings. The van der Waals surface area contributed by atoms with E-state index in [-0.39, 0.29) is 11.8 Å². The molecule has 1 aromatic carbocycles. The molecule has 4 rings (SSSR count). The Balaban J connectivity index is 1.38. The maximum Gasteiger partial charge on any atom is 0.263 e. The van der Waals surface area contributed by atoms with E-state index >= 15 is 0 Å². The molecule has 1 aromatic heterocycles. The highest BCUT2D eigenvalue weighted by molar-refractivity contribution is 5.81. The fourth-order valence-corrected chi connectivity index (χ4v) is 4.46. The SMILES string of the molecule is CNc1nc(C2CCN(C(=O)C(C)Oc3ccc(C)cc3)CC2)nc2c1CCN(C)C2. The van der Waals surface area contributed by atoms with E-state index in [1.807, 2.05) is 50.1 Å². The van der Waals surface area contributed by atoms with Crippen molar-refractivity contribution in [3.8, 4) is 5.75 Å². The average Bonchev–Trinajstić information content (AvgIpc) is 2.79. The maximum atomic E-state index is 12.9. The molecule has 1 saturated heterocycles. The lowest BCUT2D eigenvalue weighted by atomic mass is 9.94. The molecule has 166 valence electrons. The second kappa shape index (κ2) is 9.22. The molecule has 2 aliphatic heterocycles. The molecule has 7 nitrogen and oxygen atoms in total. The monoisotopic (exact) mass is 423 g/mol. The standard InChI is InChI=1S/C24H33N5O2/c1-16-5-7-19(8-6-16)31-17(2)24(30)29-13-9-18(10-14-29)22-26-21-15-28(4)12-11-20(21)23(25-3)27-22/h5-8,17-18H,9-15H2,1-4H3,(H,25,26,27). The third-order valence-electron chi connectivity index (χ3n) is 6.36. The molecular formula is C24H33N5O2. The molecule has 1 fully saturated rings. The first kappa shape index (κ1) is 21.6. The van der Waals surface area contributed by atoms with E-state index in [1.54, 1.807) is 0 Å². The molecule has 1 amide bonds. The summed E-state index contributed by atoms with van der Waals surface area (Å²) in [6.07, 6.45) is 2.24. The van der Waals surface area contributed by atoms with Crippen LogP contribution in [-0.4, -0.2) is 65.5 Å². The van der Waals surface area contributed by atoms with Crippen LogP contribution in [0.5, 0.6) is 5.75 Å². The van der Waals surface area contributed by atoms with Crippen LogP contribution in [0.1, 0.15) is 48.3 Å². The van der Waals surface area contributed by atoms with Crippen molar-refractivity contribution < 1.29 is 9.53 Å². The molecule has 1 atom stereocenters. The number of nitrogens with zero attached hydrogens (tertiary/aromatic N) is 4. The number of anilines is 1. The molecular weight excluding hydrogens is 390 g/mol. The minimum Gasteiger partial charge on any atom is -0.481 e. The Hall–Kier alpha value is -2.67. The van der Waals surface area contributed by atoms with E-state index in [4.69, 9.17) is 14.7 Å². The number of aryl methyl sites for hydroxylation is 1. The van der Waals surface area contributed by atoms with Gasteiger partial charge in [0.25, 0.3) is 5.91 Å². The first-order valence-corrected chi connectivity index (χ1v) is 11.2. The van der Waals surface area contributed by atoms with E-state index in [1.165, 1.54) is 11.1 Å². The number of fused-ring (bicyclic) bond motifs is 1. The summed E-state index contributed by atoms with van der Waals surface area (Å²) in [4.78, 5) is 26.9. The second-order valence-electron chi connectivity index (χ2n) is 8.77. The molecule has 7 heteroatoms. The minimum absolute atomic E-state index is 0.0444. The number of benzene rings is 1. The predicted octanol–water partition coefficient (Wildman–Crippen LogP) is 2.99. The van der Waals surface area contributed by atoms with Gasteiger partial charge in [-0.25, -0.2) is 9.97 Å². The Bertz CT molecular complexity index is 922. The van der Waals surface area contributed by atoms with E-state index in [2.05, 4.69) is 17.3 Å². The average molecular weight is 424 g/mol. The number of amides is 1. The predicted molar refractivity (Wildman–Crippen MR) is 121 cm³/mol.